The molecular formula is C25H43NO19. The zero-order valence-corrected chi connectivity index (χ0v) is 23.7. The number of rotatable bonds is 14. The van der Waals surface area contributed by atoms with Crippen molar-refractivity contribution in [2.75, 3.05) is 33.0 Å². The molecule has 8 unspecified atom stereocenters. The number of Topliss-reactive ketones (excluding diaryl/α,β-unsaturated/α-hetero) is 1. The van der Waals surface area contributed by atoms with Gasteiger partial charge in [-0.3, -0.25) is 4.79 Å². The molecule has 0 bridgehead atoms. The van der Waals surface area contributed by atoms with Gasteiger partial charge in [-0.15, -0.1) is 0 Å². The van der Waals surface area contributed by atoms with Crippen LogP contribution in [0.15, 0.2) is 11.6 Å². The fourth-order valence-corrected chi connectivity index (χ4v) is 5.32. The largest absolute Gasteiger partial charge is 0.394 e. The Morgan fingerprint density at radius 1 is 0.778 bits per heavy atom. The lowest BCUT2D eigenvalue weighted by Gasteiger charge is -2.48. The molecule has 20 nitrogen and oxygen atoms in total. The number of hydrogen-bond acceptors (Lipinski definition) is 20. The van der Waals surface area contributed by atoms with Crippen molar-refractivity contribution in [2.45, 2.75) is 104 Å². The van der Waals surface area contributed by atoms with Crippen LogP contribution in [-0.4, -0.2) is 214 Å². The molecule has 0 amide bonds. The van der Waals surface area contributed by atoms with Gasteiger partial charge in [-0.1, -0.05) is 6.08 Å². The second-order valence-corrected chi connectivity index (χ2v) is 11.0. The minimum absolute atomic E-state index is 0.0490. The van der Waals surface area contributed by atoms with Gasteiger partial charge in [0, 0.05) is 0 Å². The first-order valence-electron chi connectivity index (χ1n) is 14.0. The van der Waals surface area contributed by atoms with E-state index < -0.39 is 143 Å². The third kappa shape index (κ3) is 8.21. The third-order valence-electron chi connectivity index (χ3n) is 7.98. The molecule has 2 fully saturated rings. The lowest BCUT2D eigenvalue weighted by molar-refractivity contribution is -0.357. The number of hydrogen-bond donors (Lipinski definition) is 15. The number of nitrogens with one attached hydrogen (secondary N) is 1. The molecule has 20 heteroatoms. The van der Waals surface area contributed by atoms with Crippen molar-refractivity contribution in [3.63, 3.8) is 0 Å². The van der Waals surface area contributed by atoms with Crippen LogP contribution in [0.25, 0.3) is 0 Å². The molecular weight excluding hydrogens is 618 g/mol. The number of ether oxygens (including phenoxy) is 4. The van der Waals surface area contributed by atoms with E-state index in [2.05, 4.69) is 5.32 Å². The fourth-order valence-electron chi connectivity index (χ4n) is 5.32. The summed E-state index contributed by atoms with van der Waals surface area (Å²) in [6.45, 7) is -4.57. The van der Waals surface area contributed by atoms with Crippen LogP contribution >= 0.6 is 0 Å². The van der Waals surface area contributed by atoms with Gasteiger partial charge in [0.05, 0.1) is 45.1 Å². The summed E-state index contributed by atoms with van der Waals surface area (Å²) in [5.41, 5.74) is -0.0490. The van der Waals surface area contributed by atoms with Gasteiger partial charge < -0.3 is 95.8 Å². The summed E-state index contributed by atoms with van der Waals surface area (Å²) in [6, 6.07) is -2.56. The number of carbonyl (C=O) groups is 1. The van der Waals surface area contributed by atoms with Crippen LogP contribution in [0.3, 0.4) is 0 Å². The standard InChI is InChI=1S/C25H43NO19/c27-2-7-1-8(15(35)18(38)14(7)34)26-13-11(5-30)42-24(20(40)17(13)37)45-23-12(6-31)43-25(21(41)19(23)39)44-22(10(33)4-29)16(36)9(32)3-28/h1,8-15,17-35,37-41H,2-6H2/t8-,9?,10-,11-,12?,13?,14-,15+,17+,18?,19?,20?,21-,22?,23?,24+,25-/m1/s1. The zero-order valence-electron chi connectivity index (χ0n) is 23.7. The molecule has 2 heterocycles. The van der Waals surface area contributed by atoms with Crippen LogP contribution in [-0.2, 0) is 23.7 Å². The minimum atomic E-state index is -2.10. The average molecular weight is 662 g/mol. The molecule has 262 valence electrons. The van der Waals surface area contributed by atoms with E-state index in [4.69, 9.17) is 24.1 Å². The summed E-state index contributed by atoms with van der Waals surface area (Å²) >= 11 is 0. The highest BCUT2D eigenvalue weighted by atomic mass is 16.7. The fraction of sp³-hybridized carbons (Fsp3) is 0.880. The normalized spacial score (nSPS) is 42.9. The molecule has 15 N–H and O–H groups in total. The van der Waals surface area contributed by atoms with Crippen molar-refractivity contribution in [1.82, 2.24) is 5.32 Å². The molecule has 2 saturated heterocycles. The summed E-state index contributed by atoms with van der Waals surface area (Å²) in [5.74, 6) is -1.30. The van der Waals surface area contributed by atoms with Crippen LogP contribution in [0.5, 0.6) is 0 Å². The van der Waals surface area contributed by atoms with Crippen LogP contribution in [0.2, 0.25) is 0 Å². The maximum absolute atomic E-state index is 12.3. The molecule has 45 heavy (non-hydrogen) atoms. The molecule has 2 aliphatic heterocycles. The van der Waals surface area contributed by atoms with E-state index in [1.807, 2.05) is 0 Å². The van der Waals surface area contributed by atoms with Gasteiger partial charge in [-0.25, -0.2) is 0 Å². The van der Waals surface area contributed by atoms with Gasteiger partial charge in [0.25, 0.3) is 0 Å². The lowest BCUT2D eigenvalue weighted by atomic mass is 9.86. The van der Waals surface area contributed by atoms with E-state index in [0.717, 1.165) is 0 Å². The van der Waals surface area contributed by atoms with Crippen molar-refractivity contribution >= 4 is 5.78 Å². The van der Waals surface area contributed by atoms with Crippen molar-refractivity contribution in [3.8, 4) is 0 Å². The highest BCUT2D eigenvalue weighted by Crippen LogP contribution is 2.31. The van der Waals surface area contributed by atoms with Crippen molar-refractivity contribution in [3.05, 3.63) is 11.6 Å². The molecule has 0 spiro atoms. The summed E-state index contributed by atoms with van der Waals surface area (Å²) in [7, 11) is 0. The van der Waals surface area contributed by atoms with E-state index in [1.165, 1.54) is 6.08 Å². The maximum Gasteiger partial charge on any atom is 0.195 e. The van der Waals surface area contributed by atoms with Crippen molar-refractivity contribution < 1.29 is 95.2 Å². The van der Waals surface area contributed by atoms with Gasteiger partial charge in [0.15, 0.2) is 18.4 Å². The van der Waals surface area contributed by atoms with Gasteiger partial charge >= 0.3 is 0 Å². The summed E-state index contributed by atoms with van der Waals surface area (Å²) in [5, 5.41) is 144. The maximum atomic E-state index is 12.3. The Bertz CT molecular complexity index is 971. The van der Waals surface area contributed by atoms with Gasteiger partial charge in [0.1, 0.15) is 79.4 Å². The van der Waals surface area contributed by atoms with Crippen molar-refractivity contribution in [1.29, 1.82) is 0 Å². The Labute approximate surface area is 255 Å². The molecule has 3 aliphatic rings. The van der Waals surface area contributed by atoms with Crippen molar-refractivity contribution in [2.24, 2.45) is 0 Å². The number of carbonyl (C=O) groups excluding carboxylic acids is 1. The van der Waals surface area contributed by atoms with Crippen LogP contribution in [0.4, 0.5) is 0 Å². The van der Waals surface area contributed by atoms with E-state index in [0.29, 0.717) is 0 Å². The number of ketones is 1. The topological polar surface area (TPSA) is 349 Å². The zero-order chi connectivity index (χ0) is 33.7. The predicted octanol–water partition coefficient (Wildman–Crippen LogP) is -9.75. The first-order valence-corrected chi connectivity index (χ1v) is 14.0. The molecule has 0 aromatic heterocycles. The Kier molecular flexibility index (Phi) is 14.1. The molecule has 3 rings (SSSR count). The predicted molar refractivity (Wildman–Crippen MR) is 140 cm³/mol. The van der Waals surface area contributed by atoms with E-state index in [9.17, 15) is 71.2 Å². The quantitative estimate of drug-likeness (QED) is 0.0768. The van der Waals surface area contributed by atoms with E-state index in [-0.39, 0.29) is 5.57 Å². The smallest absolute Gasteiger partial charge is 0.195 e. The van der Waals surface area contributed by atoms with E-state index in [1.54, 1.807) is 0 Å². The monoisotopic (exact) mass is 661 g/mol. The lowest BCUT2D eigenvalue weighted by Crippen LogP contribution is -2.69. The van der Waals surface area contributed by atoms with E-state index >= 15 is 0 Å². The summed E-state index contributed by atoms with van der Waals surface area (Å²) < 4.78 is 21.7. The third-order valence-corrected chi connectivity index (χ3v) is 7.98. The molecule has 1 aliphatic carbocycles. The SMILES string of the molecule is O=C(C(O)CO)C(O[C@H]1OC(CO)C(O[C@@H]2O[C@H](CO)C(N[C@@H]3C=C(CO)[C@@H](O)C(O)[C@H]3O)[C@H](O)C2O)C(O)[C@H]1O)[C@H](O)CO. The molecule has 0 radical (unpaired) electrons. The van der Waals surface area contributed by atoms with Gasteiger partial charge in [-0.2, -0.15) is 0 Å². The average Bonchev–Trinajstić information content (AvgIpc) is 3.04. The highest BCUT2D eigenvalue weighted by Gasteiger charge is 2.52. The summed E-state index contributed by atoms with van der Waals surface area (Å²) in [6.07, 6.45) is -26.3. The molecule has 0 aromatic rings. The first-order chi connectivity index (χ1) is 21.2. The van der Waals surface area contributed by atoms with Crippen LogP contribution in [0, 0.1) is 0 Å². The number of aliphatic hydroxyl groups is 14. The summed E-state index contributed by atoms with van der Waals surface area (Å²) in [4.78, 5) is 12.3. The molecule has 0 aromatic carbocycles. The Balaban J connectivity index is 1.74. The highest BCUT2D eigenvalue weighted by molar-refractivity contribution is 5.87. The molecule has 17 atom stereocenters. The van der Waals surface area contributed by atoms with Gasteiger partial charge in [-0.05, 0) is 5.57 Å². The second-order valence-electron chi connectivity index (χ2n) is 11.0. The minimum Gasteiger partial charge on any atom is -0.394 e. The Morgan fingerprint density at radius 3 is 1.93 bits per heavy atom. The number of aliphatic hydroxyl groups excluding tert-OH is 14. The molecule has 0 saturated carbocycles. The van der Waals surface area contributed by atoms with Crippen LogP contribution < -0.4 is 5.32 Å². The second kappa shape index (κ2) is 16.7. The Morgan fingerprint density at radius 2 is 1.38 bits per heavy atom. The van der Waals surface area contributed by atoms with Crippen LogP contribution in [0.1, 0.15) is 0 Å². The Hall–Kier alpha value is -1.35. The first kappa shape index (κ1) is 38.1. The van der Waals surface area contributed by atoms with Gasteiger partial charge in [0.2, 0.25) is 0 Å².